The lowest BCUT2D eigenvalue weighted by Gasteiger charge is -2.21. The van der Waals surface area contributed by atoms with Gasteiger partial charge in [0, 0.05) is 23.8 Å². The Bertz CT molecular complexity index is 574. The van der Waals surface area contributed by atoms with Gasteiger partial charge in [0.2, 0.25) is 0 Å². The number of aliphatic hydroxyl groups excluding tert-OH is 1. The first-order chi connectivity index (χ1) is 9.54. The number of anilines is 1. The zero-order valence-electron chi connectivity index (χ0n) is 11.5. The van der Waals surface area contributed by atoms with Crippen molar-refractivity contribution in [3.8, 4) is 0 Å². The molecule has 106 valence electrons. The molecule has 0 heterocycles. The maximum Gasteiger partial charge on any atom is 0.0917 e. The van der Waals surface area contributed by atoms with Gasteiger partial charge < -0.3 is 10.8 Å². The molecular weight excluding hydrogens is 272 g/mol. The predicted molar refractivity (Wildman–Crippen MR) is 83.6 cm³/mol. The van der Waals surface area contributed by atoms with Gasteiger partial charge in [-0.3, -0.25) is 4.90 Å². The average Bonchev–Trinajstić information content (AvgIpc) is 2.38. The van der Waals surface area contributed by atoms with Gasteiger partial charge in [0.1, 0.15) is 0 Å². The summed E-state index contributed by atoms with van der Waals surface area (Å²) in [5.74, 6) is 0. The van der Waals surface area contributed by atoms with Crippen molar-refractivity contribution in [2.45, 2.75) is 12.6 Å². The molecule has 0 bridgehead atoms. The van der Waals surface area contributed by atoms with E-state index < -0.39 is 6.10 Å². The molecule has 0 radical (unpaired) electrons. The van der Waals surface area contributed by atoms with E-state index in [2.05, 4.69) is 4.90 Å². The Morgan fingerprint density at radius 2 is 1.95 bits per heavy atom. The summed E-state index contributed by atoms with van der Waals surface area (Å²) in [4.78, 5) is 2.06. The highest BCUT2D eigenvalue weighted by Crippen LogP contribution is 2.18. The lowest BCUT2D eigenvalue weighted by Crippen LogP contribution is -2.24. The van der Waals surface area contributed by atoms with Gasteiger partial charge in [-0.05, 0) is 42.4 Å². The monoisotopic (exact) mass is 290 g/mol. The smallest absolute Gasteiger partial charge is 0.0917 e. The molecule has 1 atom stereocenters. The summed E-state index contributed by atoms with van der Waals surface area (Å²) in [5, 5.41) is 11.0. The third-order valence-electron chi connectivity index (χ3n) is 3.12. The summed E-state index contributed by atoms with van der Waals surface area (Å²) in [6.45, 7) is 1.27. The molecule has 0 saturated heterocycles. The fourth-order valence-electron chi connectivity index (χ4n) is 2.18. The second-order valence-corrected chi connectivity index (χ2v) is 5.45. The summed E-state index contributed by atoms with van der Waals surface area (Å²) in [7, 11) is 1.97. The van der Waals surface area contributed by atoms with Crippen LogP contribution in [0.2, 0.25) is 5.02 Å². The number of hydrogen-bond acceptors (Lipinski definition) is 3. The molecule has 2 rings (SSSR count). The van der Waals surface area contributed by atoms with Crippen LogP contribution in [-0.2, 0) is 6.54 Å². The van der Waals surface area contributed by atoms with E-state index in [1.165, 1.54) is 0 Å². The van der Waals surface area contributed by atoms with Gasteiger partial charge in [0.25, 0.3) is 0 Å². The fourth-order valence-corrected chi connectivity index (χ4v) is 2.39. The van der Waals surface area contributed by atoms with Crippen LogP contribution >= 0.6 is 11.6 Å². The van der Waals surface area contributed by atoms with Crippen LogP contribution < -0.4 is 5.73 Å². The molecule has 2 aromatic carbocycles. The Morgan fingerprint density at radius 1 is 1.20 bits per heavy atom. The van der Waals surface area contributed by atoms with Gasteiger partial charge in [-0.2, -0.15) is 0 Å². The minimum atomic E-state index is -0.553. The van der Waals surface area contributed by atoms with Crippen LogP contribution in [0.5, 0.6) is 0 Å². The van der Waals surface area contributed by atoms with Gasteiger partial charge >= 0.3 is 0 Å². The van der Waals surface area contributed by atoms with Crippen molar-refractivity contribution in [1.82, 2.24) is 4.90 Å². The number of likely N-dealkylation sites (N-methyl/N-ethyl adjacent to an activating group) is 1. The first-order valence-corrected chi connectivity index (χ1v) is 6.89. The van der Waals surface area contributed by atoms with E-state index in [9.17, 15) is 5.11 Å². The topological polar surface area (TPSA) is 49.5 Å². The molecule has 3 nitrogen and oxygen atoms in total. The summed E-state index contributed by atoms with van der Waals surface area (Å²) in [6, 6.07) is 15.1. The quantitative estimate of drug-likeness (QED) is 0.832. The van der Waals surface area contributed by atoms with Crippen molar-refractivity contribution in [2.24, 2.45) is 0 Å². The molecule has 0 aromatic heterocycles. The SMILES string of the molecule is CN(Cc1cccc(Cl)c1)CC(O)c1cccc(N)c1. The Morgan fingerprint density at radius 3 is 2.65 bits per heavy atom. The molecule has 0 amide bonds. The second-order valence-electron chi connectivity index (χ2n) is 5.01. The second kappa shape index (κ2) is 6.75. The molecule has 0 aliphatic heterocycles. The summed E-state index contributed by atoms with van der Waals surface area (Å²) >= 11 is 5.97. The van der Waals surface area contributed by atoms with E-state index in [-0.39, 0.29) is 0 Å². The molecule has 1 unspecified atom stereocenters. The number of rotatable bonds is 5. The number of benzene rings is 2. The predicted octanol–water partition coefficient (Wildman–Crippen LogP) is 3.09. The van der Waals surface area contributed by atoms with E-state index in [0.29, 0.717) is 12.2 Å². The highest BCUT2D eigenvalue weighted by Gasteiger charge is 2.11. The first kappa shape index (κ1) is 14.9. The van der Waals surface area contributed by atoms with Gasteiger partial charge in [-0.1, -0.05) is 35.9 Å². The Balaban J connectivity index is 1.95. The molecule has 0 aliphatic rings. The molecule has 20 heavy (non-hydrogen) atoms. The van der Waals surface area contributed by atoms with Crippen LogP contribution in [0.1, 0.15) is 17.2 Å². The summed E-state index contributed by atoms with van der Waals surface area (Å²) in [6.07, 6.45) is -0.553. The minimum absolute atomic E-state index is 0.538. The Kier molecular flexibility index (Phi) is 5.01. The van der Waals surface area contributed by atoms with Gasteiger partial charge in [-0.25, -0.2) is 0 Å². The van der Waals surface area contributed by atoms with Gasteiger partial charge in [-0.15, -0.1) is 0 Å². The third kappa shape index (κ3) is 4.23. The Hall–Kier alpha value is -1.55. The zero-order chi connectivity index (χ0) is 14.5. The standard InChI is InChI=1S/C16H19ClN2O/c1-19(10-12-4-2-6-14(17)8-12)11-16(20)13-5-3-7-15(18)9-13/h2-9,16,20H,10-11,18H2,1H3. The van der Waals surface area contributed by atoms with Crippen molar-refractivity contribution in [2.75, 3.05) is 19.3 Å². The number of nitrogens with two attached hydrogens (primary N) is 1. The Labute approximate surface area is 124 Å². The average molecular weight is 291 g/mol. The molecule has 3 N–H and O–H groups in total. The number of halogens is 1. The lowest BCUT2D eigenvalue weighted by molar-refractivity contribution is 0.124. The van der Waals surface area contributed by atoms with Gasteiger partial charge in [0.15, 0.2) is 0 Å². The van der Waals surface area contributed by atoms with Crippen LogP contribution in [0.25, 0.3) is 0 Å². The summed E-state index contributed by atoms with van der Waals surface area (Å²) in [5.41, 5.74) is 8.35. The van der Waals surface area contributed by atoms with Crippen molar-refractivity contribution in [3.63, 3.8) is 0 Å². The minimum Gasteiger partial charge on any atom is -0.399 e. The van der Waals surface area contributed by atoms with E-state index in [4.69, 9.17) is 17.3 Å². The molecule has 0 spiro atoms. The normalized spacial score (nSPS) is 12.6. The van der Waals surface area contributed by atoms with Crippen molar-refractivity contribution < 1.29 is 5.11 Å². The van der Waals surface area contributed by atoms with E-state index in [0.717, 1.165) is 22.7 Å². The van der Waals surface area contributed by atoms with Crippen LogP contribution in [0, 0.1) is 0 Å². The molecule has 0 fully saturated rings. The van der Waals surface area contributed by atoms with Crippen LogP contribution in [0.4, 0.5) is 5.69 Å². The first-order valence-electron chi connectivity index (χ1n) is 6.51. The molecule has 0 aliphatic carbocycles. The third-order valence-corrected chi connectivity index (χ3v) is 3.36. The van der Waals surface area contributed by atoms with Crippen molar-refractivity contribution in [3.05, 3.63) is 64.7 Å². The van der Waals surface area contributed by atoms with Crippen LogP contribution in [0.3, 0.4) is 0 Å². The zero-order valence-corrected chi connectivity index (χ0v) is 12.2. The van der Waals surface area contributed by atoms with Crippen LogP contribution in [0.15, 0.2) is 48.5 Å². The van der Waals surface area contributed by atoms with E-state index >= 15 is 0 Å². The lowest BCUT2D eigenvalue weighted by atomic mass is 10.1. The number of nitrogen functional groups attached to an aromatic ring is 1. The van der Waals surface area contributed by atoms with Crippen LogP contribution in [-0.4, -0.2) is 23.6 Å². The van der Waals surface area contributed by atoms with E-state index in [1.807, 2.05) is 49.5 Å². The molecule has 2 aromatic rings. The fraction of sp³-hybridized carbons (Fsp3) is 0.250. The number of hydrogen-bond donors (Lipinski definition) is 2. The highest BCUT2D eigenvalue weighted by atomic mass is 35.5. The molecular formula is C16H19ClN2O. The molecule has 0 saturated carbocycles. The van der Waals surface area contributed by atoms with E-state index in [1.54, 1.807) is 6.07 Å². The van der Waals surface area contributed by atoms with Gasteiger partial charge in [0.05, 0.1) is 6.10 Å². The van der Waals surface area contributed by atoms with Crippen molar-refractivity contribution >= 4 is 17.3 Å². The maximum atomic E-state index is 10.2. The largest absolute Gasteiger partial charge is 0.399 e. The number of aliphatic hydroxyl groups is 1. The van der Waals surface area contributed by atoms with Crippen molar-refractivity contribution in [1.29, 1.82) is 0 Å². The maximum absolute atomic E-state index is 10.2. The number of nitrogens with zero attached hydrogens (tertiary/aromatic N) is 1. The highest BCUT2D eigenvalue weighted by molar-refractivity contribution is 6.30. The molecule has 4 heteroatoms. The summed E-state index contributed by atoms with van der Waals surface area (Å²) < 4.78 is 0.